The smallest absolute Gasteiger partial charge is 0.336 e. The lowest BCUT2D eigenvalue weighted by atomic mass is 10.0. The fourth-order valence-electron chi connectivity index (χ4n) is 1.09. The van der Waals surface area contributed by atoms with Crippen molar-refractivity contribution in [2.75, 3.05) is 0 Å². The van der Waals surface area contributed by atoms with Crippen LogP contribution in [0.5, 0.6) is 0 Å². The maximum atomic E-state index is 10.7. The van der Waals surface area contributed by atoms with Gasteiger partial charge in [-0.2, -0.15) is 0 Å². The Morgan fingerprint density at radius 1 is 1.29 bits per heavy atom. The van der Waals surface area contributed by atoms with Crippen molar-refractivity contribution in [1.29, 1.82) is 0 Å². The lowest BCUT2D eigenvalue weighted by Gasteiger charge is -2.01. The van der Waals surface area contributed by atoms with Crippen LogP contribution in [0.25, 0.3) is 5.57 Å². The van der Waals surface area contributed by atoms with Gasteiger partial charge in [0.2, 0.25) is 0 Å². The Hall–Kier alpha value is -1.90. The van der Waals surface area contributed by atoms with E-state index in [0.29, 0.717) is 11.8 Å². The molecule has 0 saturated heterocycles. The molecule has 0 bridgehead atoms. The number of allylic oxidation sites excluding steroid dienone is 1. The predicted molar refractivity (Wildman–Crippen MR) is 52.9 cm³/mol. The van der Waals surface area contributed by atoms with Gasteiger partial charge in [-0.1, -0.05) is 29.8 Å². The maximum Gasteiger partial charge on any atom is 0.336 e. The SMILES string of the molecule is Cc1ccc(/C(=C/C=O)C(=O)O)cc1. The minimum absolute atomic E-state index is 0.0139. The van der Waals surface area contributed by atoms with E-state index in [1.807, 2.05) is 6.92 Å². The molecule has 1 N–H and O–H groups in total. The van der Waals surface area contributed by atoms with E-state index in [4.69, 9.17) is 5.11 Å². The summed E-state index contributed by atoms with van der Waals surface area (Å²) < 4.78 is 0. The molecule has 1 rings (SSSR count). The molecule has 0 amide bonds. The molecule has 0 aliphatic carbocycles. The van der Waals surface area contributed by atoms with Crippen LogP contribution in [0.2, 0.25) is 0 Å². The first kappa shape index (κ1) is 10.2. The van der Waals surface area contributed by atoms with Gasteiger partial charge in [0.25, 0.3) is 0 Å². The van der Waals surface area contributed by atoms with Crippen LogP contribution in [0, 0.1) is 6.92 Å². The average Bonchev–Trinajstić information content (AvgIpc) is 2.15. The molecule has 0 atom stereocenters. The van der Waals surface area contributed by atoms with Gasteiger partial charge in [-0.25, -0.2) is 4.79 Å². The van der Waals surface area contributed by atoms with Gasteiger partial charge in [-0.3, -0.25) is 4.79 Å². The Kier molecular flexibility index (Phi) is 3.18. The van der Waals surface area contributed by atoms with Crippen LogP contribution in [0.15, 0.2) is 30.3 Å². The number of aliphatic carboxylic acids is 1. The van der Waals surface area contributed by atoms with Gasteiger partial charge in [-0.05, 0) is 18.6 Å². The predicted octanol–water partition coefficient (Wildman–Crippen LogP) is 1.66. The molecule has 0 aliphatic heterocycles. The number of benzene rings is 1. The van der Waals surface area contributed by atoms with Crippen LogP contribution in [-0.4, -0.2) is 17.4 Å². The van der Waals surface area contributed by atoms with E-state index < -0.39 is 5.97 Å². The van der Waals surface area contributed by atoms with Crippen molar-refractivity contribution < 1.29 is 14.7 Å². The van der Waals surface area contributed by atoms with E-state index in [2.05, 4.69) is 0 Å². The summed E-state index contributed by atoms with van der Waals surface area (Å²) in [6.07, 6.45) is 1.52. The Morgan fingerprint density at radius 3 is 2.29 bits per heavy atom. The summed E-state index contributed by atoms with van der Waals surface area (Å²) in [5, 5.41) is 8.80. The third-order valence-electron chi connectivity index (χ3n) is 1.83. The largest absolute Gasteiger partial charge is 0.478 e. The molecule has 0 radical (unpaired) electrons. The first-order valence-electron chi connectivity index (χ1n) is 4.11. The third kappa shape index (κ3) is 2.29. The van der Waals surface area contributed by atoms with Gasteiger partial charge in [-0.15, -0.1) is 0 Å². The molecule has 0 aliphatic rings. The molecule has 14 heavy (non-hydrogen) atoms. The monoisotopic (exact) mass is 190 g/mol. The third-order valence-corrected chi connectivity index (χ3v) is 1.83. The van der Waals surface area contributed by atoms with Crippen molar-refractivity contribution >= 4 is 17.8 Å². The van der Waals surface area contributed by atoms with E-state index in [0.717, 1.165) is 11.6 Å². The highest BCUT2D eigenvalue weighted by molar-refractivity contribution is 6.18. The minimum Gasteiger partial charge on any atom is -0.478 e. The van der Waals surface area contributed by atoms with Crippen molar-refractivity contribution in [1.82, 2.24) is 0 Å². The summed E-state index contributed by atoms with van der Waals surface area (Å²) in [6, 6.07) is 6.96. The van der Waals surface area contributed by atoms with Crippen molar-refractivity contribution in [3.63, 3.8) is 0 Å². The molecule has 0 unspecified atom stereocenters. The highest BCUT2D eigenvalue weighted by Crippen LogP contribution is 2.14. The summed E-state index contributed by atoms with van der Waals surface area (Å²) >= 11 is 0. The van der Waals surface area contributed by atoms with Gasteiger partial charge in [0.15, 0.2) is 0 Å². The zero-order valence-electron chi connectivity index (χ0n) is 7.73. The van der Waals surface area contributed by atoms with E-state index >= 15 is 0 Å². The van der Waals surface area contributed by atoms with E-state index in [1.165, 1.54) is 0 Å². The standard InChI is InChI=1S/C11H10O3/c1-8-2-4-9(5-3-8)10(6-7-12)11(13)14/h2-7H,1H3,(H,13,14)/b10-6-. The number of carboxylic acid groups (broad SMARTS) is 1. The highest BCUT2D eigenvalue weighted by atomic mass is 16.4. The molecule has 1 aromatic rings. The first-order valence-corrected chi connectivity index (χ1v) is 4.11. The molecule has 0 aromatic heterocycles. The van der Waals surface area contributed by atoms with Gasteiger partial charge >= 0.3 is 5.97 Å². The van der Waals surface area contributed by atoms with Crippen LogP contribution < -0.4 is 0 Å². The van der Waals surface area contributed by atoms with Crippen LogP contribution in [0.4, 0.5) is 0 Å². The molecule has 0 heterocycles. The van der Waals surface area contributed by atoms with E-state index in [-0.39, 0.29) is 5.57 Å². The van der Waals surface area contributed by atoms with Gasteiger partial charge < -0.3 is 5.11 Å². The zero-order chi connectivity index (χ0) is 10.6. The Labute approximate surface area is 81.7 Å². The number of rotatable bonds is 3. The fourth-order valence-corrected chi connectivity index (χ4v) is 1.09. The molecule has 72 valence electrons. The second-order valence-electron chi connectivity index (χ2n) is 2.89. The molecule has 1 aromatic carbocycles. The van der Waals surface area contributed by atoms with Crippen LogP contribution in [-0.2, 0) is 9.59 Å². The molecule has 3 nitrogen and oxygen atoms in total. The van der Waals surface area contributed by atoms with Crippen LogP contribution in [0.1, 0.15) is 11.1 Å². The lowest BCUT2D eigenvalue weighted by Crippen LogP contribution is -1.99. The summed E-state index contributed by atoms with van der Waals surface area (Å²) in [7, 11) is 0. The van der Waals surface area contributed by atoms with Crippen molar-refractivity contribution in [3.05, 3.63) is 41.5 Å². The van der Waals surface area contributed by atoms with Gasteiger partial charge in [0.05, 0.1) is 5.57 Å². The molecular formula is C11H10O3. The molecule has 0 saturated carbocycles. The number of carbonyl (C=O) groups excluding carboxylic acids is 1. The Balaban J connectivity index is 3.12. The second-order valence-corrected chi connectivity index (χ2v) is 2.89. The van der Waals surface area contributed by atoms with Gasteiger partial charge in [0, 0.05) is 0 Å². The number of aryl methyl sites for hydroxylation is 1. The average molecular weight is 190 g/mol. The Morgan fingerprint density at radius 2 is 1.86 bits per heavy atom. The van der Waals surface area contributed by atoms with Crippen molar-refractivity contribution in [3.8, 4) is 0 Å². The zero-order valence-corrected chi connectivity index (χ0v) is 7.73. The van der Waals surface area contributed by atoms with Crippen molar-refractivity contribution in [2.24, 2.45) is 0 Å². The summed E-state index contributed by atoms with van der Waals surface area (Å²) in [6.45, 7) is 1.91. The highest BCUT2D eigenvalue weighted by Gasteiger charge is 2.08. The molecule has 0 fully saturated rings. The summed E-state index contributed by atoms with van der Waals surface area (Å²) in [5.41, 5.74) is 1.60. The number of aldehydes is 1. The van der Waals surface area contributed by atoms with E-state index in [1.54, 1.807) is 24.3 Å². The lowest BCUT2D eigenvalue weighted by molar-refractivity contribution is -0.130. The topological polar surface area (TPSA) is 54.4 Å². The first-order chi connectivity index (χ1) is 6.65. The number of carboxylic acids is 1. The minimum atomic E-state index is -1.10. The van der Waals surface area contributed by atoms with E-state index in [9.17, 15) is 9.59 Å². The molecule has 3 heteroatoms. The number of hydrogen-bond acceptors (Lipinski definition) is 2. The number of carbonyl (C=O) groups is 2. The number of hydrogen-bond donors (Lipinski definition) is 1. The van der Waals surface area contributed by atoms with Gasteiger partial charge in [0.1, 0.15) is 6.29 Å². The van der Waals surface area contributed by atoms with Crippen LogP contribution >= 0.6 is 0 Å². The van der Waals surface area contributed by atoms with Crippen molar-refractivity contribution in [2.45, 2.75) is 6.92 Å². The second kappa shape index (κ2) is 4.37. The summed E-state index contributed by atoms with van der Waals surface area (Å²) in [5.74, 6) is -1.10. The molecular weight excluding hydrogens is 180 g/mol. The van der Waals surface area contributed by atoms with Crippen LogP contribution in [0.3, 0.4) is 0 Å². The summed E-state index contributed by atoms with van der Waals surface area (Å²) in [4.78, 5) is 21.0. The normalized spacial score (nSPS) is 11.1. The quantitative estimate of drug-likeness (QED) is 0.582. The Bertz CT molecular complexity index is 374. The molecule has 0 spiro atoms. The fraction of sp³-hybridized carbons (Fsp3) is 0.0909. The maximum absolute atomic E-state index is 10.7.